The Labute approximate surface area is 185 Å². The highest BCUT2D eigenvalue weighted by Gasteiger charge is 2.75. The summed E-state index contributed by atoms with van der Waals surface area (Å²) in [7, 11) is -15.4. The van der Waals surface area contributed by atoms with Crippen molar-refractivity contribution in [2.24, 2.45) is 0 Å². The largest absolute Gasteiger partial charge is 0.435 e. The number of alkyl halides is 10. The lowest BCUT2D eigenvalue weighted by molar-refractivity contribution is -0.201. The van der Waals surface area contributed by atoms with Gasteiger partial charge in [-0.25, -0.2) is 8.78 Å². The Morgan fingerprint density at radius 2 is 0.879 bits per heavy atom. The SMILES string of the molecule is CCCCCC(F)C(F)(F)C(F)(F)S(=O)(=O)OS(=O)(=O)C(F)(F)C(F)(F)C(F)CCCCC. The van der Waals surface area contributed by atoms with Gasteiger partial charge >= 0.3 is 42.6 Å². The predicted molar refractivity (Wildman–Crippen MR) is 96.8 cm³/mol. The van der Waals surface area contributed by atoms with Crippen molar-refractivity contribution < 1.29 is 64.4 Å². The number of hydrogen-bond donors (Lipinski definition) is 0. The second-order valence-corrected chi connectivity index (χ2v) is 10.6. The van der Waals surface area contributed by atoms with E-state index in [4.69, 9.17) is 0 Å². The lowest BCUT2D eigenvalue weighted by atomic mass is 10.1. The molecule has 0 aliphatic carbocycles. The number of halogens is 10. The Balaban J connectivity index is 5.95. The summed E-state index contributed by atoms with van der Waals surface area (Å²) in [6, 6.07) is 0. The molecule has 200 valence electrons. The van der Waals surface area contributed by atoms with Crippen LogP contribution in [0.25, 0.3) is 0 Å². The molecule has 2 unspecified atom stereocenters. The molecule has 0 aromatic carbocycles. The topological polar surface area (TPSA) is 77.5 Å². The number of hydrogen-bond acceptors (Lipinski definition) is 5. The van der Waals surface area contributed by atoms with E-state index >= 15 is 0 Å². The minimum atomic E-state index is -7.69. The summed E-state index contributed by atoms with van der Waals surface area (Å²) in [6.07, 6.45) is -10.6. The van der Waals surface area contributed by atoms with Crippen LogP contribution in [0.5, 0.6) is 0 Å². The summed E-state index contributed by atoms with van der Waals surface area (Å²) in [4.78, 5) is 0. The molecule has 0 saturated heterocycles. The summed E-state index contributed by atoms with van der Waals surface area (Å²) in [5, 5.41) is -13.5. The second-order valence-electron chi connectivity index (χ2n) is 7.18. The van der Waals surface area contributed by atoms with Gasteiger partial charge in [-0.2, -0.15) is 52.0 Å². The van der Waals surface area contributed by atoms with Gasteiger partial charge in [-0.1, -0.05) is 52.4 Å². The van der Waals surface area contributed by atoms with Gasteiger partial charge in [-0.3, -0.25) is 0 Å². The first-order valence-electron chi connectivity index (χ1n) is 9.66. The van der Waals surface area contributed by atoms with Gasteiger partial charge in [0.1, 0.15) is 0 Å². The van der Waals surface area contributed by atoms with E-state index in [1.165, 1.54) is 13.8 Å². The molecular weight excluding hydrogens is 526 g/mol. The molecule has 33 heavy (non-hydrogen) atoms. The highest BCUT2D eigenvalue weighted by atomic mass is 32.3. The van der Waals surface area contributed by atoms with E-state index in [2.05, 4.69) is 3.63 Å². The van der Waals surface area contributed by atoms with Crippen LogP contribution in [0.1, 0.15) is 65.2 Å². The molecule has 0 bridgehead atoms. The van der Waals surface area contributed by atoms with Crippen molar-refractivity contribution in [1.82, 2.24) is 0 Å². The maximum absolute atomic E-state index is 13.8. The molecule has 0 amide bonds. The van der Waals surface area contributed by atoms with Crippen LogP contribution in [0.15, 0.2) is 0 Å². The van der Waals surface area contributed by atoms with Crippen LogP contribution in [-0.4, -0.2) is 51.5 Å². The molecule has 0 fully saturated rings. The van der Waals surface area contributed by atoms with E-state index in [9.17, 15) is 60.7 Å². The first-order chi connectivity index (χ1) is 14.7. The third-order valence-electron chi connectivity index (χ3n) is 4.49. The maximum atomic E-state index is 13.8. The van der Waals surface area contributed by atoms with Gasteiger partial charge in [0.2, 0.25) is 0 Å². The second kappa shape index (κ2) is 11.3. The fourth-order valence-electron chi connectivity index (χ4n) is 2.41. The van der Waals surface area contributed by atoms with Crippen molar-refractivity contribution >= 4 is 20.2 Å². The lowest BCUT2D eigenvalue weighted by Gasteiger charge is -2.30. The Kier molecular flexibility index (Phi) is 11.0. The zero-order valence-corrected chi connectivity index (χ0v) is 19.1. The quantitative estimate of drug-likeness (QED) is 0.175. The fourth-order valence-corrected chi connectivity index (χ4v) is 4.96. The van der Waals surface area contributed by atoms with Crippen LogP contribution < -0.4 is 0 Å². The average molecular weight is 550 g/mol. The summed E-state index contributed by atoms with van der Waals surface area (Å²) >= 11 is 0. The van der Waals surface area contributed by atoms with E-state index in [1.807, 2.05) is 0 Å². The van der Waals surface area contributed by atoms with Crippen molar-refractivity contribution in [3.63, 3.8) is 0 Å². The summed E-state index contributed by atoms with van der Waals surface area (Å²) in [5.41, 5.74) is 0. The van der Waals surface area contributed by atoms with Gasteiger partial charge in [-0.05, 0) is 12.8 Å². The maximum Gasteiger partial charge on any atom is 0.435 e. The molecule has 0 N–H and O–H groups in total. The third kappa shape index (κ3) is 6.64. The number of rotatable bonds is 16. The van der Waals surface area contributed by atoms with Gasteiger partial charge in [0.05, 0.1) is 0 Å². The van der Waals surface area contributed by atoms with E-state index in [-0.39, 0.29) is 12.8 Å². The molecule has 0 aliphatic rings. The Morgan fingerprint density at radius 3 is 1.12 bits per heavy atom. The van der Waals surface area contributed by atoms with E-state index in [0.717, 1.165) is 0 Å². The molecule has 0 saturated carbocycles. The molecule has 0 aromatic rings. The molecule has 0 aromatic heterocycles. The molecule has 0 rings (SSSR count). The summed E-state index contributed by atoms with van der Waals surface area (Å²) in [5.74, 6) is -12.4. The van der Waals surface area contributed by atoms with Crippen molar-refractivity contribution in [2.45, 2.75) is 99.9 Å². The first-order valence-corrected chi connectivity index (χ1v) is 12.5. The van der Waals surface area contributed by atoms with Gasteiger partial charge in [-0.15, -0.1) is 3.63 Å². The molecular formula is C16H24F10O5S2. The Morgan fingerprint density at radius 1 is 0.606 bits per heavy atom. The Hall–Kier alpha value is -0.840. The van der Waals surface area contributed by atoms with E-state index < -0.39 is 80.6 Å². The van der Waals surface area contributed by atoms with Gasteiger partial charge in [0, 0.05) is 0 Å². The monoisotopic (exact) mass is 550 g/mol. The first kappa shape index (κ1) is 32.2. The highest BCUT2D eigenvalue weighted by Crippen LogP contribution is 2.48. The van der Waals surface area contributed by atoms with Gasteiger partial charge < -0.3 is 0 Å². The third-order valence-corrected chi connectivity index (χ3v) is 7.73. The average Bonchev–Trinajstić information content (AvgIpc) is 2.66. The summed E-state index contributed by atoms with van der Waals surface area (Å²) < 4.78 is 186. The van der Waals surface area contributed by atoms with Crippen LogP contribution >= 0.6 is 0 Å². The minimum Gasteiger partial charge on any atom is -0.241 e. The van der Waals surface area contributed by atoms with Crippen LogP contribution in [0.2, 0.25) is 0 Å². The van der Waals surface area contributed by atoms with Gasteiger partial charge in [0.15, 0.2) is 12.3 Å². The smallest absolute Gasteiger partial charge is 0.241 e. The molecule has 0 aliphatic heterocycles. The number of unbranched alkanes of at least 4 members (excludes halogenated alkanes) is 4. The van der Waals surface area contributed by atoms with Crippen LogP contribution in [-0.2, 0) is 23.9 Å². The standard InChI is InChI=1S/C16H24F10O5S2/c1-3-5-7-9-11(17)13(19,20)15(23,24)32(27,28)31-33(29,30)16(25,26)14(21,22)12(18)10-8-6-4-2/h11-12H,3-10H2,1-2H3. The van der Waals surface area contributed by atoms with Crippen molar-refractivity contribution in [1.29, 1.82) is 0 Å². The molecule has 0 heterocycles. The fraction of sp³-hybridized carbons (Fsp3) is 1.00. The molecule has 0 spiro atoms. The zero-order valence-electron chi connectivity index (χ0n) is 17.4. The molecule has 2 atom stereocenters. The van der Waals surface area contributed by atoms with Crippen LogP contribution in [0.3, 0.4) is 0 Å². The van der Waals surface area contributed by atoms with E-state index in [1.54, 1.807) is 0 Å². The minimum absolute atomic E-state index is 0.0592. The van der Waals surface area contributed by atoms with Crippen molar-refractivity contribution in [3.05, 3.63) is 0 Å². The van der Waals surface area contributed by atoms with Crippen LogP contribution in [0.4, 0.5) is 43.9 Å². The van der Waals surface area contributed by atoms with Crippen LogP contribution in [0, 0.1) is 0 Å². The molecule has 0 radical (unpaired) electrons. The zero-order chi connectivity index (χ0) is 26.5. The normalized spacial score (nSPS) is 16.6. The molecule has 5 nitrogen and oxygen atoms in total. The highest BCUT2D eigenvalue weighted by molar-refractivity contribution is 8.00. The Bertz CT molecular complexity index is 763. The van der Waals surface area contributed by atoms with E-state index in [0.29, 0.717) is 12.8 Å². The lowest BCUT2D eigenvalue weighted by Crippen LogP contribution is -2.57. The summed E-state index contributed by atoms with van der Waals surface area (Å²) in [6.45, 7) is 3.04. The van der Waals surface area contributed by atoms with Crippen molar-refractivity contribution in [3.8, 4) is 0 Å². The van der Waals surface area contributed by atoms with Gasteiger partial charge in [0.25, 0.3) is 0 Å². The van der Waals surface area contributed by atoms with Crippen molar-refractivity contribution in [2.75, 3.05) is 0 Å². The predicted octanol–water partition coefficient (Wildman–Crippen LogP) is 5.96. The molecule has 17 heteroatoms.